The quantitative estimate of drug-likeness (QED) is 0.896. The van der Waals surface area contributed by atoms with Gasteiger partial charge in [-0.25, -0.2) is 0 Å². The summed E-state index contributed by atoms with van der Waals surface area (Å²) in [4.78, 5) is 25.8. The van der Waals surface area contributed by atoms with Crippen molar-refractivity contribution in [2.45, 2.75) is 20.3 Å². The van der Waals surface area contributed by atoms with Crippen LogP contribution in [0.3, 0.4) is 0 Å². The highest BCUT2D eigenvalue weighted by atomic mass is 16.6. The van der Waals surface area contributed by atoms with Gasteiger partial charge in [0.05, 0.1) is 0 Å². The zero-order valence-electron chi connectivity index (χ0n) is 15.0. The number of nitrogens with one attached hydrogen (secondary N) is 1. The third-order valence-corrected chi connectivity index (χ3v) is 4.12. The van der Waals surface area contributed by atoms with E-state index in [1.807, 2.05) is 31.2 Å². The molecule has 0 unspecified atom stereocenters. The van der Waals surface area contributed by atoms with Crippen molar-refractivity contribution in [2.75, 3.05) is 30.0 Å². The molecule has 0 bridgehead atoms. The van der Waals surface area contributed by atoms with Gasteiger partial charge in [-0.05, 0) is 31.2 Å². The van der Waals surface area contributed by atoms with Gasteiger partial charge < -0.3 is 19.7 Å². The molecule has 6 nitrogen and oxygen atoms in total. The van der Waals surface area contributed by atoms with Crippen molar-refractivity contribution < 1.29 is 19.1 Å². The van der Waals surface area contributed by atoms with E-state index in [2.05, 4.69) is 5.32 Å². The zero-order valence-corrected chi connectivity index (χ0v) is 15.0. The Morgan fingerprint density at radius 3 is 2.42 bits per heavy atom. The molecule has 2 aromatic carbocycles. The second-order valence-electron chi connectivity index (χ2n) is 6.16. The van der Waals surface area contributed by atoms with Crippen LogP contribution in [0.15, 0.2) is 42.5 Å². The van der Waals surface area contributed by atoms with Crippen LogP contribution >= 0.6 is 0 Å². The van der Waals surface area contributed by atoms with Crippen LogP contribution in [0.5, 0.6) is 11.5 Å². The van der Waals surface area contributed by atoms with Crippen molar-refractivity contribution in [2.24, 2.45) is 0 Å². The third-order valence-electron chi connectivity index (χ3n) is 4.12. The first-order valence-corrected chi connectivity index (χ1v) is 8.57. The topological polar surface area (TPSA) is 67.9 Å². The van der Waals surface area contributed by atoms with Crippen molar-refractivity contribution in [3.63, 3.8) is 0 Å². The molecule has 0 atom stereocenters. The van der Waals surface area contributed by atoms with Gasteiger partial charge in [0.15, 0.2) is 11.5 Å². The van der Waals surface area contributed by atoms with Crippen LogP contribution in [0.4, 0.5) is 11.4 Å². The maximum absolute atomic E-state index is 12.2. The molecule has 0 radical (unpaired) electrons. The second kappa shape index (κ2) is 7.91. The van der Waals surface area contributed by atoms with Crippen LogP contribution in [0.25, 0.3) is 0 Å². The lowest BCUT2D eigenvalue weighted by Gasteiger charge is -2.24. The Balaban J connectivity index is 1.64. The number of ether oxygens (including phenoxy) is 2. The lowest BCUT2D eigenvalue weighted by Crippen LogP contribution is -2.32. The van der Waals surface area contributed by atoms with E-state index in [0.717, 1.165) is 11.3 Å². The monoisotopic (exact) mass is 354 g/mol. The number of hydrogen-bond acceptors (Lipinski definition) is 4. The van der Waals surface area contributed by atoms with Crippen molar-refractivity contribution in [1.82, 2.24) is 0 Å². The molecular formula is C20H22N2O4. The highest BCUT2D eigenvalue weighted by Gasteiger charge is 2.18. The first-order valence-electron chi connectivity index (χ1n) is 8.57. The molecule has 0 fully saturated rings. The minimum absolute atomic E-state index is 0.134. The number of rotatable bonds is 5. The summed E-state index contributed by atoms with van der Waals surface area (Å²) in [6, 6.07) is 12.9. The maximum atomic E-state index is 12.2. The van der Waals surface area contributed by atoms with E-state index in [9.17, 15) is 9.59 Å². The highest BCUT2D eigenvalue weighted by molar-refractivity contribution is 5.95. The van der Waals surface area contributed by atoms with Crippen LogP contribution in [-0.2, 0) is 9.59 Å². The van der Waals surface area contributed by atoms with Gasteiger partial charge >= 0.3 is 0 Å². The number of carbonyl (C=O) groups excluding carboxylic acids is 2. The summed E-state index contributed by atoms with van der Waals surface area (Å²) >= 11 is 0. The van der Waals surface area contributed by atoms with Crippen molar-refractivity contribution >= 4 is 23.2 Å². The molecule has 26 heavy (non-hydrogen) atoms. The molecule has 0 spiro atoms. The summed E-state index contributed by atoms with van der Waals surface area (Å²) < 4.78 is 11.1. The van der Waals surface area contributed by atoms with Crippen molar-refractivity contribution in [1.29, 1.82) is 0 Å². The number of benzene rings is 2. The Hall–Kier alpha value is -3.02. The Labute approximate surface area is 152 Å². The van der Waals surface area contributed by atoms with Gasteiger partial charge in [-0.1, -0.05) is 17.7 Å². The van der Waals surface area contributed by atoms with Gasteiger partial charge in [-0.15, -0.1) is 0 Å². The number of hydrogen-bond donors (Lipinski definition) is 1. The summed E-state index contributed by atoms with van der Waals surface area (Å²) in [7, 11) is 0. The summed E-state index contributed by atoms with van der Waals surface area (Å²) in [5.41, 5.74) is 2.56. The van der Waals surface area contributed by atoms with E-state index in [1.165, 1.54) is 6.92 Å². The fourth-order valence-corrected chi connectivity index (χ4v) is 2.74. The lowest BCUT2D eigenvalue weighted by molar-refractivity contribution is -0.117. The molecule has 136 valence electrons. The minimum atomic E-state index is -0.141. The fraction of sp³-hybridized carbons (Fsp3) is 0.300. The normalized spacial score (nSPS) is 12.4. The van der Waals surface area contributed by atoms with Crippen LogP contribution in [-0.4, -0.2) is 31.6 Å². The first kappa shape index (κ1) is 17.8. The molecule has 2 amide bonds. The van der Waals surface area contributed by atoms with Crippen molar-refractivity contribution in [3.05, 3.63) is 48.0 Å². The molecule has 6 heteroatoms. The molecule has 1 heterocycles. The molecule has 0 saturated heterocycles. The Morgan fingerprint density at radius 1 is 1.04 bits per heavy atom. The SMILES string of the molecule is CC(=O)N(CCC(=O)Nc1ccc(C)cc1)c1ccc2c(c1)OCCO2. The maximum Gasteiger partial charge on any atom is 0.226 e. The summed E-state index contributed by atoms with van der Waals surface area (Å²) in [6.45, 7) is 4.75. The van der Waals surface area contributed by atoms with Crippen LogP contribution < -0.4 is 19.7 Å². The largest absolute Gasteiger partial charge is 0.486 e. The smallest absolute Gasteiger partial charge is 0.226 e. The molecule has 0 saturated carbocycles. The van der Waals surface area contributed by atoms with Gasteiger partial charge in [0.1, 0.15) is 13.2 Å². The number of nitrogens with zero attached hydrogens (tertiary/aromatic N) is 1. The second-order valence-corrected chi connectivity index (χ2v) is 6.16. The highest BCUT2D eigenvalue weighted by Crippen LogP contribution is 2.34. The average molecular weight is 354 g/mol. The van der Waals surface area contributed by atoms with E-state index in [0.29, 0.717) is 30.4 Å². The summed E-state index contributed by atoms with van der Waals surface area (Å²) in [5, 5.41) is 2.84. The third kappa shape index (κ3) is 4.33. The van der Waals surface area contributed by atoms with Crippen LogP contribution in [0.2, 0.25) is 0 Å². The fourth-order valence-electron chi connectivity index (χ4n) is 2.74. The van der Waals surface area contributed by atoms with Gasteiger partial charge in [-0.2, -0.15) is 0 Å². The zero-order chi connectivity index (χ0) is 18.5. The molecule has 3 rings (SSSR count). The number of fused-ring (bicyclic) bond motifs is 1. The minimum Gasteiger partial charge on any atom is -0.486 e. The van der Waals surface area contributed by atoms with Crippen molar-refractivity contribution in [3.8, 4) is 11.5 Å². The predicted molar refractivity (Wildman–Crippen MR) is 99.9 cm³/mol. The van der Waals surface area contributed by atoms with E-state index in [1.54, 1.807) is 23.1 Å². The molecule has 0 aliphatic carbocycles. The van der Waals surface area contributed by atoms with Crippen LogP contribution in [0.1, 0.15) is 18.9 Å². The molecule has 0 aromatic heterocycles. The van der Waals surface area contributed by atoms with E-state index in [-0.39, 0.29) is 24.8 Å². The average Bonchev–Trinajstić information content (AvgIpc) is 2.63. The standard InChI is InChI=1S/C20H22N2O4/c1-14-3-5-16(6-4-14)21-20(24)9-10-22(15(2)23)17-7-8-18-19(13-17)26-12-11-25-18/h3-8,13H,9-12H2,1-2H3,(H,21,24). The first-order chi connectivity index (χ1) is 12.5. The van der Waals surface area contributed by atoms with Gasteiger partial charge in [0, 0.05) is 37.3 Å². The van der Waals surface area contributed by atoms with Gasteiger partial charge in [-0.3, -0.25) is 9.59 Å². The molecular weight excluding hydrogens is 332 g/mol. The Kier molecular flexibility index (Phi) is 5.41. The predicted octanol–water partition coefficient (Wildman–Crippen LogP) is 3.15. The lowest BCUT2D eigenvalue weighted by atomic mass is 10.2. The summed E-state index contributed by atoms with van der Waals surface area (Å²) in [5.74, 6) is 1.01. The molecule has 2 aromatic rings. The Bertz CT molecular complexity index is 802. The molecule has 1 aliphatic heterocycles. The Morgan fingerprint density at radius 2 is 1.73 bits per heavy atom. The number of anilines is 2. The number of carbonyl (C=O) groups is 2. The van der Waals surface area contributed by atoms with E-state index >= 15 is 0 Å². The number of amides is 2. The summed E-state index contributed by atoms with van der Waals surface area (Å²) in [6.07, 6.45) is 0.196. The van der Waals surface area contributed by atoms with Gasteiger partial charge in [0.2, 0.25) is 11.8 Å². The van der Waals surface area contributed by atoms with E-state index in [4.69, 9.17) is 9.47 Å². The number of aryl methyl sites for hydroxylation is 1. The molecule has 1 aliphatic rings. The van der Waals surface area contributed by atoms with Gasteiger partial charge in [0.25, 0.3) is 0 Å². The van der Waals surface area contributed by atoms with Crippen LogP contribution in [0, 0.1) is 6.92 Å². The molecule has 1 N–H and O–H groups in total. The van der Waals surface area contributed by atoms with E-state index < -0.39 is 0 Å².